The van der Waals surface area contributed by atoms with E-state index in [0.29, 0.717) is 11.1 Å². The van der Waals surface area contributed by atoms with Gasteiger partial charge in [-0.25, -0.2) is 9.67 Å². The van der Waals surface area contributed by atoms with Crippen molar-refractivity contribution >= 4 is 34.5 Å². The fraction of sp³-hybridized carbons (Fsp3) is 0.733. The monoisotopic (exact) mass is 326 g/mol. The minimum atomic E-state index is 0.621. The zero-order valence-electron chi connectivity index (χ0n) is 12.8. The van der Waals surface area contributed by atoms with Crippen LogP contribution in [0.1, 0.15) is 37.7 Å². The van der Waals surface area contributed by atoms with Crippen molar-refractivity contribution < 1.29 is 0 Å². The Morgan fingerprint density at radius 1 is 1.38 bits per heavy atom. The third kappa shape index (κ3) is 2.95. The molecule has 1 unspecified atom stereocenters. The van der Waals surface area contributed by atoms with Gasteiger partial charge in [0.05, 0.1) is 5.69 Å². The summed E-state index contributed by atoms with van der Waals surface area (Å²) in [6.45, 7) is 6.11. The summed E-state index contributed by atoms with van der Waals surface area (Å²) in [5.74, 6) is 3.03. The van der Waals surface area contributed by atoms with Crippen molar-refractivity contribution in [2.24, 2.45) is 0 Å². The van der Waals surface area contributed by atoms with E-state index in [2.05, 4.69) is 33.0 Å². The maximum absolute atomic E-state index is 5.98. The highest BCUT2D eigenvalue weighted by atomic mass is 35.5. The molecule has 3 heterocycles. The van der Waals surface area contributed by atoms with Crippen LogP contribution in [0.25, 0.3) is 11.2 Å². The van der Waals surface area contributed by atoms with Crippen LogP contribution < -0.4 is 0 Å². The first kappa shape index (κ1) is 15.2. The lowest BCUT2D eigenvalue weighted by Gasteiger charge is -2.23. The number of hydrogen-bond donors (Lipinski definition) is 0. The summed E-state index contributed by atoms with van der Waals surface area (Å²) in [4.78, 5) is 4.82. The second-order valence-corrected chi connectivity index (χ2v) is 7.43. The Morgan fingerprint density at radius 2 is 2.24 bits per heavy atom. The second-order valence-electron chi connectivity index (χ2n) is 5.64. The fourth-order valence-corrected chi connectivity index (χ4v) is 4.57. The molecule has 3 rings (SSSR count). The van der Waals surface area contributed by atoms with Crippen molar-refractivity contribution in [1.82, 2.24) is 19.3 Å². The first-order chi connectivity index (χ1) is 10.2. The summed E-state index contributed by atoms with van der Waals surface area (Å²) in [5.41, 5.74) is 3.26. The van der Waals surface area contributed by atoms with Crippen molar-refractivity contribution in [3.8, 4) is 0 Å². The van der Waals surface area contributed by atoms with E-state index in [0.717, 1.165) is 36.5 Å². The highest BCUT2D eigenvalue weighted by Crippen LogP contribution is 2.29. The maximum Gasteiger partial charge on any atom is 0.158 e. The molecule has 0 amide bonds. The number of fused-ring (bicyclic) bond motifs is 1. The van der Waals surface area contributed by atoms with Crippen LogP contribution in [0.5, 0.6) is 0 Å². The average molecular weight is 327 g/mol. The van der Waals surface area contributed by atoms with Gasteiger partial charge in [0.1, 0.15) is 11.3 Å². The van der Waals surface area contributed by atoms with Crippen LogP contribution >= 0.6 is 23.4 Å². The lowest BCUT2D eigenvalue weighted by atomic mass is 10.2. The number of halogens is 1. The lowest BCUT2D eigenvalue weighted by molar-refractivity contribution is 0.559. The van der Waals surface area contributed by atoms with E-state index in [-0.39, 0.29) is 0 Å². The van der Waals surface area contributed by atoms with Gasteiger partial charge in [0.15, 0.2) is 5.65 Å². The van der Waals surface area contributed by atoms with Gasteiger partial charge < -0.3 is 4.57 Å². The Bertz CT molecular complexity index is 613. The van der Waals surface area contributed by atoms with Gasteiger partial charge in [-0.3, -0.25) is 0 Å². The highest BCUT2D eigenvalue weighted by Gasteiger charge is 2.22. The maximum atomic E-state index is 5.98. The lowest BCUT2D eigenvalue weighted by Crippen LogP contribution is -2.20. The molecule has 1 aliphatic rings. The predicted molar refractivity (Wildman–Crippen MR) is 90.5 cm³/mol. The van der Waals surface area contributed by atoms with Gasteiger partial charge in [-0.05, 0) is 32.4 Å². The smallest absolute Gasteiger partial charge is 0.158 e. The van der Waals surface area contributed by atoms with Crippen molar-refractivity contribution in [3.05, 3.63) is 11.5 Å². The summed E-state index contributed by atoms with van der Waals surface area (Å²) in [5, 5.41) is 5.32. The number of hydrogen-bond acceptors (Lipinski definition) is 3. The highest BCUT2D eigenvalue weighted by molar-refractivity contribution is 7.99. The molecule has 0 bridgehead atoms. The predicted octanol–water partition coefficient (Wildman–Crippen LogP) is 3.63. The third-order valence-electron chi connectivity index (χ3n) is 4.16. The molecular weight excluding hydrogens is 304 g/mol. The van der Waals surface area contributed by atoms with Crippen LogP contribution in [0.4, 0.5) is 0 Å². The number of aryl methyl sites for hydroxylation is 3. The summed E-state index contributed by atoms with van der Waals surface area (Å²) in [6, 6.07) is 0. The normalized spacial score (nSPS) is 19.5. The number of nitrogens with zero attached hydrogens (tertiary/aromatic N) is 4. The standard InChI is InChI=1S/C15H23ClN4S/c1-3-20-15-14(11(2)18-20)17-13(7-8-16)19(15)10-12-6-4-5-9-21-12/h12H,3-10H2,1-2H3. The minimum absolute atomic E-state index is 0.621. The van der Waals surface area contributed by atoms with Crippen LogP contribution in [0, 0.1) is 6.92 Å². The zero-order chi connectivity index (χ0) is 14.8. The first-order valence-corrected chi connectivity index (χ1v) is 9.43. The molecule has 1 aliphatic heterocycles. The van der Waals surface area contributed by atoms with Gasteiger partial charge in [-0.2, -0.15) is 16.9 Å². The largest absolute Gasteiger partial charge is 0.312 e. The number of imidazole rings is 1. The van der Waals surface area contributed by atoms with Crippen molar-refractivity contribution in [2.45, 2.75) is 57.9 Å². The molecule has 0 aromatic carbocycles. The van der Waals surface area contributed by atoms with E-state index in [4.69, 9.17) is 16.6 Å². The van der Waals surface area contributed by atoms with Gasteiger partial charge >= 0.3 is 0 Å². The molecule has 0 aliphatic carbocycles. The van der Waals surface area contributed by atoms with Gasteiger partial charge in [-0.15, -0.1) is 11.6 Å². The average Bonchev–Trinajstić information content (AvgIpc) is 3.00. The van der Waals surface area contributed by atoms with E-state index >= 15 is 0 Å². The molecule has 0 N–H and O–H groups in total. The van der Waals surface area contributed by atoms with E-state index < -0.39 is 0 Å². The Morgan fingerprint density at radius 3 is 2.90 bits per heavy atom. The van der Waals surface area contributed by atoms with Crippen LogP contribution in [-0.2, 0) is 19.5 Å². The van der Waals surface area contributed by atoms with Crippen molar-refractivity contribution in [3.63, 3.8) is 0 Å². The van der Waals surface area contributed by atoms with E-state index in [1.54, 1.807) is 0 Å². The van der Waals surface area contributed by atoms with Gasteiger partial charge in [-0.1, -0.05) is 6.42 Å². The quantitative estimate of drug-likeness (QED) is 0.787. The fourth-order valence-electron chi connectivity index (χ4n) is 3.11. The molecule has 0 spiro atoms. The van der Waals surface area contributed by atoms with Gasteiger partial charge in [0.25, 0.3) is 0 Å². The Kier molecular flexibility index (Phi) is 4.79. The number of alkyl halides is 1. The van der Waals surface area contributed by atoms with E-state index in [1.165, 1.54) is 30.7 Å². The zero-order valence-corrected chi connectivity index (χ0v) is 14.4. The molecule has 116 valence electrons. The Balaban J connectivity index is 2.01. The molecule has 0 saturated carbocycles. The summed E-state index contributed by atoms with van der Waals surface area (Å²) < 4.78 is 4.47. The third-order valence-corrected chi connectivity index (χ3v) is 5.73. The molecule has 1 saturated heterocycles. The minimum Gasteiger partial charge on any atom is -0.312 e. The van der Waals surface area contributed by atoms with Crippen molar-refractivity contribution in [1.29, 1.82) is 0 Å². The number of thioether (sulfide) groups is 1. The molecule has 21 heavy (non-hydrogen) atoms. The molecule has 6 heteroatoms. The first-order valence-electron chi connectivity index (χ1n) is 7.84. The molecule has 0 radical (unpaired) electrons. The molecular formula is C15H23ClN4S. The van der Waals surface area contributed by atoms with Crippen LogP contribution in [0.3, 0.4) is 0 Å². The molecule has 2 aromatic rings. The second kappa shape index (κ2) is 6.61. The van der Waals surface area contributed by atoms with E-state index in [9.17, 15) is 0 Å². The van der Waals surface area contributed by atoms with E-state index in [1.807, 2.05) is 6.92 Å². The summed E-state index contributed by atoms with van der Waals surface area (Å²) in [7, 11) is 0. The molecule has 1 fully saturated rings. The molecule has 2 aromatic heterocycles. The van der Waals surface area contributed by atoms with Crippen LogP contribution in [0.2, 0.25) is 0 Å². The molecule has 4 nitrogen and oxygen atoms in total. The van der Waals surface area contributed by atoms with Crippen LogP contribution in [-0.4, -0.2) is 36.2 Å². The van der Waals surface area contributed by atoms with Gasteiger partial charge in [0, 0.05) is 30.6 Å². The SMILES string of the molecule is CCn1nc(C)c2nc(CCCl)n(CC3CCCCS3)c21. The van der Waals surface area contributed by atoms with Crippen LogP contribution in [0.15, 0.2) is 0 Å². The van der Waals surface area contributed by atoms with Crippen molar-refractivity contribution in [2.75, 3.05) is 11.6 Å². The Labute approximate surface area is 135 Å². The van der Waals surface area contributed by atoms with Gasteiger partial charge in [0.2, 0.25) is 0 Å². The number of rotatable bonds is 5. The molecule has 1 atom stereocenters. The Hall–Kier alpha value is -0.680. The summed E-state index contributed by atoms with van der Waals surface area (Å²) in [6.07, 6.45) is 4.86. The number of aromatic nitrogens is 4. The topological polar surface area (TPSA) is 35.6 Å². The summed E-state index contributed by atoms with van der Waals surface area (Å²) >= 11 is 8.08.